The number of hydrogen-bond acceptors (Lipinski definition) is 6. The molecule has 2 amide bonds. The summed E-state index contributed by atoms with van der Waals surface area (Å²) in [6.45, 7) is 3.71. The average Bonchev–Trinajstić information content (AvgIpc) is 3.02. The quantitative estimate of drug-likeness (QED) is 0.232. The van der Waals surface area contributed by atoms with Crippen molar-refractivity contribution in [3.05, 3.63) is 38.0 Å². The normalized spacial score (nSPS) is 24.0. The molecule has 0 bridgehead atoms. The Morgan fingerprint density at radius 1 is 1.29 bits per heavy atom. The van der Waals surface area contributed by atoms with Crippen LogP contribution in [0.25, 0.3) is 6.08 Å². The van der Waals surface area contributed by atoms with Crippen LogP contribution in [-0.4, -0.2) is 58.9 Å². The average molecular weight is 583 g/mol. The van der Waals surface area contributed by atoms with Crippen molar-refractivity contribution in [1.29, 1.82) is 0 Å². The number of imide groups is 1. The minimum Gasteiger partial charge on any atom is -0.504 e. The van der Waals surface area contributed by atoms with Gasteiger partial charge in [-0.2, -0.15) is 0 Å². The summed E-state index contributed by atoms with van der Waals surface area (Å²) >= 11 is 2.07. The third-order valence-electron chi connectivity index (χ3n) is 7.06. The molecule has 1 aliphatic heterocycles. The van der Waals surface area contributed by atoms with Crippen molar-refractivity contribution in [2.75, 3.05) is 20.8 Å². The molecule has 186 valence electrons. The van der Waals surface area contributed by atoms with Gasteiger partial charge in [0.25, 0.3) is 0 Å². The van der Waals surface area contributed by atoms with E-state index in [0.29, 0.717) is 34.2 Å². The highest BCUT2D eigenvalue weighted by Crippen LogP contribution is 2.45. The molecule has 0 radical (unpaired) electrons. The van der Waals surface area contributed by atoms with Gasteiger partial charge in [-0.15, -0.1) is 0 Å². The minimum atomic E-state index is -0.804. The highest BCUT2D eigenvalue weighted by molar-refractivity contribution is 14.1. The Morgan fingerprint density at radius 2 is 2.00 bits per heavy atom. The summed E-state index contributed by atoms with van der Waals surface area (Å²) in [5.74, 6) is -1.54. The second-order valence-corrected chi connectivity index (χ2v) is 10.4. The van der Waals surface area contributed by atoms with Gasteiger partial charge in [0.2, 0.25) is 11.8 Å². The number of rotatable bonds is 9. The van der Waals surface area contributed by atoms with Gasteiger partial charge in [-0.25, -0.2) is 0 Å². The number of nitrogens with zero attached hydrogens (tertiary/aromatic N) is 1. The fraction of sp³-hybridized carbons (Fsp3) is 0.538. The number of benzene rings is 1. The van der Waals surface area contributed by atoms with Gasteiger partial charge in [-0.05, 0) is 78.5 Å². The molecule has 1 aliphatic carbocycles. The summed E-state index contributed by atoms with van der Waals surface area (Å²) in [6, 6.07) is 3.68. The van der Waals surface area contributed by atoms with E-state index in [1.165, 1.54) is 14.2 Å². The number of halogens is 1. The van der Waals surface area contributed by atoms with E-state index >= 15 is 0 Å². The van der Waals surface area contributed by atoms with E-state index in [4.69, 9.17) is 4.74 Å². The Hall–Kier alpha value is -1.91. The number of methoxy groups -OCH3 is 1. The van der Waals surface area contributed by atoms with Crippen LogP contribution in [0.1, 0.15) is 51.5 Å². The van der Waals surface area contributed by atoms with Crippen LogP contribution in [0, 0.1) is 21.3 Å². The molecule has 0 spiro atoms. The van der Waals surface area contributed by atoms with Crippen molar-refractivity contribution in [3.63, 3.8) is 0 Å². The molecule has 3 rings (SSSR count). The molecule has 1 fully saturated rings. The lowest BCUT2D eigenvalue weighted by Crippen LogP contribution is -2.38. The molecule has 2 aliphatic rings. The van der Waals surface area contributed by atoms with E-state index in [-0.39, 0.29) is 24.2 Å². The monoisotopic (exact) mass is 583 g/mol. The van der Waals surface area contributed by atoms with E-state index in [0.717, 1.165) is 34.5 Å². The molecule has 7 nitrogen and oxygen atoms in total. The van der Waals surface area contributed by atoms with Crippen LogP contribution in [-0.2, 0) is 9.59 Å². The van der Waals surface area contributed by atoms with Gasteiger partial charge >= 0.3 is 0 Å². The van der Waals surface area contributed by atoms with Gasteiger partial charge in [-0.3, -0.25) is 14.5 Å². The first kappa shape index (κ1) is 26.7. The van der Waals surface area contributed by atoms with E-state index in [2.05, 4.69) is 35.6 Å². The maximum atomic E-state index is 12.7. The summed E-state index contributed by atoms with van der Waals surface area (Å²) < 4.78 is 5.97. The molecular formula is C26H34INO6. The van der Waals surface area contributed by atoms with Crippen LogP contribution in [0.15, 0.2) is 28.9 Å². The highest BCUT2D eigenvalue weighted by Gasteiger charge is 2.53. The zero-order valence-corrected chi connectivity index (χ0v) is 22.3. The number of phenolic OH excluding ortho intramolecular Hbond substituents is 1. The first-order valence-corrected chi connectivity index (χ1v) is 12.8. The smallest absolute Gasteiger partial charge is 0.233 e. The van der Waals surface area contributed by atoms with E-state index in [1.54, 1.807) is 6.07 Å². The minimum absolute atomic E-state index is 0.117. The molecule has 34 heavy (non-hydrogen) atoms. The number of phenols is 1. The number of aliphatic hydroxyl groups is 2. The maximum Gasteiger partial charge on any atom is 0.233 e. The molecule has 1 aromatic rings. The van der Waals surface area contributed by atoms with Gasteiger partial charge in [0.15, 0.2) is 11.5 Å². The third-order valence-corrected chi connectivity index (χ3v) is 7.88. The van der Waals surface area contributed by atoms with Crippen LogP contribution in [0.4, 0.5) is 0 Å². The van der Waals surface area contributed by atoms with Gasteiger partial charge in [0.1, 0.15) is 0 Å². The van der Waals surface area contributed by atoms with E-state index < -0.39 is 23.9 Å². The summed E-state index contributed by atoms with van der Waals surface area (Å²) in [5, 5.41) is 31.4. The number of carbonyl (C=O) groups is 2. The molecule has 1 heterocycles. The van der Waals surface area contributed by atoms with Crippen LogP contribution in [0.3, 0.4) is 0 Å². The first-order valence-electron chi connectivity index (χ1n) is 11.7. The molecular weight excluding hydrogens is 549 g/mol. The van der Waals surface area contributed by atoms with Crippen LogP contribution >= 0.6 is 22.6 Å². The largest absolute Gasteiger partial charge is 0.504 e. The number of aromatic hydroxyl groups is 1. The Balaban J connectivity index is 1.81. The number of carbonyl (C=O) groups excluding carboxylic acids is 2. The van der Waals surface area contributed by atoms with Crippen LogP contribution < -0.4 is 4.74 Å². The van der Waals surface area contributed by atoms with Crippen molar-refractivity contribution in [2.24, 2.45) is 17.8 Å². The first-order chi connectivity index (χ1) is 16.1. The zero-order chi connectivity index (χ0) is 25.2. The maximum absolute atomic E-state index is 12.7. The van der Waals surface area contributed by atoms with Crippen molar-refractivity contribution < 1.29 is 29.6 Å². The van der Waals surface area contributed by atoms with Crippen molar-refractivity contribution in [1.82, 2.24) is 4.90 Å². The van der Waals surface area contributed by atoms with Gasteiger partial charge in [0.05, 0.1) is 35.2 Å². The lowest BCUT2D eigenvalue weighted by Gasteiger charge is -2.35. The van der Waals surface area contributed by atoms with Gasteiger partial charge in [-0.1, -0.05) is 30.6 Å². The van der Waals surface area contributed by atoms with Crippen molar-refractivity contribution >= 4 is 40.5 Å². The Bertz CT molecular complexity index is 1020. The Morgan fingerprint density at radius 3 is 2.62 bits per heavy atom. The summed E-state index contributed by atoms with van der Waals surface area (Å²) in [7, 11) is 3.01. The fourth-order valence-electron chi connectivity index (χ4n) is 5.41. The number of ether oxygens (including phenoxy) is 1. The predicted octanol–water partition coefficient (Wildman–Crippen LogP) is 3.89. The summed E-state index contributed by atoms with van der Waals surface area (Å²) in [4.78, 5) is 26.4. The lowest BCUT2D eigenvalue weighted by atomic mass is 9.68. The van der Waals surface area contributed by atoms with Crippen molar-refractivity contribution in [3.8, 4) is 11.5 Å². The SMILES string of the molecule is CCC/C(=C\c1cc(I)c(O)c(OC)c1)CC[C@@H](O)C1=C(C)C[C@H]2C(=O)N(C)C(=O)[C@H]2[C@H]1CO. The second kappa shape index (κ2) is 11.2. The number of aliphatic hydroxyl groups excluding tert-OH is 2. The molecule has 4 atom stereocenters. The summed E-state index contributed by atoms with van der Waals surface area (Å²) in [6.07, 6.45) is 4.60. The van der Waals surface area contributed by atoms with E-state index in [1.807, 2.05) is 13.0 Å². The van der Waals surface area contributed by atoms with Gasteiger partial charge in [0, 0.05) is 13.0 Å². The Labute approximate surface area is 214 Å². The van der Waals surface area contributed by atoms with Crippen LogP contribution in [0.2, 0.25) is 0 Å². The van der Waals surface area contributed by atoms with Crippen molar-refractivity contribution in [2.45, 2.75) is 52.1 Å². The number of fused-ring (bicyclic) bond motifs is 1. The number of allylic oxidation sites excluding steroid dienone is 2. The highest BCUT2D eigenvalue weighted by atomic mass is 127. The molecule has 1 aromatic carbocycles. The number of amides is 2. The molecule has 3 N–H and O–H groups in total. The number of hydrogen-bond donors (Lipinski definition) is 3. The third kappa shape index (κ3) is 5.18. The lowest BCUT2D eigenvalue weighted by molar-refractivity contribution is -0.138. The molecule has 1 saturated heterocycles. The standard InChI is InChI=1S/C26H34INO6/c1-5-6-15(10-16-11-19(27)24(31)21(12-16)34-4)7-8-20(30)22-14(2)9-17-23(18(22)13-29)26(33)28(3)25(17)32/h10-12,17-18,20,23,29-31H,5-9,13H2,1-4H3/b15-10+/t17-,18+,20-,23-/m1/s1. The van der Waals surface area contributed by atoms with E-state index in [9.17, 15) is 24.9 Å². The molecule has 0 aromatic heterocycles. The van der Waals surface area contributed by atoms with Gasteiger partial charge < -0.3 is 20.1 Å². The summed E-state index contributed by atoms with van der Waals surface area (Å²) in [5.41, 5.74) is 3.67. The topological polar surface area (TPSA) is 107 Å². The zero-order valence-electron chi connectivity index (χ0n) is 20.2. The number of likely N-dealkylation sites (tertiary alicyclic amines) is 1. The van der Waals surface area contributed by atoms with Crippen LogP contribution in [0.5, 0.6) is 11.5 Å². The second-order valence-electron chi connectivity index (χ2n) is 9.26. The predicted molar refractivity (Wildman–Crippen MR) is 138 cm³/mol. The Kier molecular flexibility index (Phi) is 8.81. The molecule has 0 saturated carbocycles. The molecule has 8 heteroatoms. The fourth-order valence-corrected chi connectivity index (χ4v) is 6.04. The molecule has 0 unspecified atom stereocenters.